The lowest BCUT2D eigenvalue weighted by molar-refractivity contribution is 0.785. The zero-order chi connectivity index (χ0) is 10.8. The first-order chi connectivity index (χ1) is 7.22. The fourth-order valence-corrected chi connectivity index (χ4v) is 1.46. The molecule has 5 nitrogen and oxygen atoms in total. The van der Waals surface area contributed by atoms with E-state index in [1.807, 2.05) is 7.05 Å². The van der Waals surface area contributed by atoms with Crippen molar-refractivity contribution in [1.82, 2.24) is 19.7 Å². The number of aryl methyl sites for hydroxylation is 1. The smallest absolute Gasteiger partial charge is 0.226 e. The minimum Gasteiger partial charge on any atom is -0.366 e. The molecule has 2 rings (SSSR count). The number of halogens is 1. The van der Waals surface area contributed by atoms with E-state index in [9.17, 15) is 0 Å². The van der Waals surface area contributed by atoms with E-state index >= 15 is 0 Å². The highest BCUT2D eigenvalue weighted by Crippen LogP contribution is 2.20. The van der Waals surface area contributed by atoms with Crippen LogP contribution in [0.15, 0.2) is 18.9 Å². The lowest BCUT2D eigenvalue weighted by atomic mass is 10.4. The van der Waals surface area contributed by atoms with Gasteiger partial charge in [-0.05, 0) is 11.6 Å². The van der Waals surface area contributed by atoms with Crippen LogP contribution < -0.4 is 5.32 Å². The molecule has 78 valence electrons. The van der Waals surface area contributed by atoms with Crippen molar-refractivity contribution in [2.45, 2.75) is 0 Å². The Bertz CT molecular complexity index is 504. The third-order valence-electron chi connectivity index (χ3n) is 1.98. The topological polar surface area (TPSA) is 55.6 Å². The predicted octanol–water partition coefficient (Wildman–Crippen LogP) is 1.61. The van der Waals surface area contributed by atoms with Crippen LogP contribution in [0.3, 0.4) is 0 Å². The van der Waals surface area contributed by atoms with Crippen LogP contribution in [0.25, 0.3) is 11.0 Å². The first kappa shape index (κ1) is 9.92. The number of anilines is 1. The van der Waals surface area contributed by atoms with Gasteiger partial charge in [-0.2, -0.15) is 15.1 Å². The summed E-state index contributed by atoms with van der Waals surface area (Å²) in [4.78, 5) is 8.19. The molecule has 0 unspecified atom stereocenters. The molecule has 0 amide bonds. The fraction of sp³-hybridized carbons (Fsp3) is 0.222. The Morgan fingerprint density at radius 3 is 3.13 bits per heavy atom. The molecule has 0 aliphatic rings. The van der Waals surface area contributed by atoms with E-state index < -0.39 is 0 Å². The van der Waals surface area contributed by atoms with Gasteiger partial charge in [0.05, 0.1) is 11.6 Å². The molecule has 2 aromatic rings. The molecule has 2 heterocycles. The molecule has 0 radical (unpaired) electrons. The van der Waals surface area contributed by atoms with Gasteiger partial charge in [-0.1, -0.05) is 6.08 Å². The monoisotopic (exact) mass is 223 g/mol. The van der Waals surface area contributed by atoms with Gasteiger partial charge in [0.15, 0.2) is 5.65 Å². The molecule has 0 spiro atoms. The summed E-state index contributed by atoms with van der Waals surface area (Å²) < 4.78 is 1.65. The van der Waals surface area contributed by atoms with Gasteiger partial charge in [0.2, 0.25) is 5.28 Å². The van der Waals surface area contributed by atoms with Gasteiger partial charge in [0.1, 0.15) is 5.82 Å². The maximum absolute atomic E-state index is 5.80. The van der Waals surface area contributed by atoms with Crippen LogP contribution in [0.2, 0.25) is 5.28 Å². The molecule has 0 aliphatic heterocycles. The first-order valence-electron chi connectivity index (χ1n) is 4.42. The summed E-state index contributed by atoms with van der Waals surface area (Å²) in [6.45, 7) is 4.25. The van der Waals surface area contributed by atoms with Crippen LogP contribution >= 0.6 is 11.6 Å². The maximum Gasteiger partial charge on any atom is 0.226 e. The number of rotatable bonds is 3. The van der Waals surface area contributed by atoms with E-state index in [4.69, 9.17) is 11.6 Å². The molecule has 2 aromatic heterocycles. The van der Waals surface area contributed by atoms with Crippen molar-refractivity contribution in [2.75, 3.05) is 11.9 Å². The number of nitrogens with zero attached hydrogens (tertiary/aromatic N) is 4. The van der Waals surface area contributed by atoms with E-state index in [0.717, 1.165) is 5.39 Å². The second-order valence-corrected chi connectivity index (χ2v) is 3.35. The Hall–Kier alpha value is -1.62. The lowest BCUT2D eigenvalue weighted by Gasteiger charge is -2.03. The van der Waals surface area contributed by atoms with Crippen molar-refractivity contribution in [3.63, 3.8) is 0 Å². The minimum atomic E-state index is 0.206. The maximum atomic E-state index is 5.80. The highest BCUT2D eigenvalue weighted by atomic mass is 35.5. The summed E-state index contributed by atoms with van der Waals surface area (Å²) in [7, 11) is 1.81. The summed E-state index contributed by atoms with van der Waals surface area (Å²) in [6, 6.07) is 0. The van der Waals surface area contributed by atoms with Crippen molar-refractivity contribution in [3.8, 4) is 0 Å². The van der Waals surface area contributed by atoms with Crippen LogP contribution in [0.1, 0.15) is 0 Å². The van der Waals surface area contributed by atoms with Crippen LogP contribution in [0.5, 0.6) is 0 Å². The van der Waals surface area contributed by atoms with E-state index in [0.29, 0.717) is 18.0 Å². The lowest BCUT2D eigenvalue weighted by Crippen LogP contribution is -2.02. The molecule has 0 fully saturated rings. The highest BCUT2D eigenvalue weighted by molar-refractivity contribution is 6.28. The second-order valence-electron chi connectivity index (χ2n) is 3.02. The van der Waals surface area contributed by atoms with Gasteiger partial charge in [0, 0.05) is 13.6 Å². The fourth-order valence-electron chi connectivity index (χ4n) is 1.30. The molecule has 0 bridgehead atoms. The van der Waals surface area contributed by atoms with Crippen LogP contribution in [0, 0.1) is 0 Å². The van der Waals surface area contributed by atoms with Gasteiger partial charge >= 0.3 is 0 Å². The van der Waals surface area contributed by atoms with Crippen LogP contribution in [-0.4, -0.2) is 26.3 Å². The second kappa shape index (κ2) is 3.86. The van der Waals surface area contributed by atoms with Gasteiger partial charge in [0.25, 0.3) is 0 Å². The van der Waals surface area contributed by atoms with Crippen molar-refractivity contribution >= 4 is 28.5 Å². The Labute approximate surface area is 91.8 Å². The van der Waals surface area contributed by atoms with Crippen molar-refractivity contribution in [1.29, 1.82) is 0 Å². The molecule has 0 atom stereocenters. The first-order valence-corrected chi connectivity index (χ1v) is 4.80. The summed E-state index contributed by atoms with van der Waals surface area (Å²) >= 11 is 5.80. The molecular formula is C9H10ClN5. The Kier molecular flexibility index (Phi) is 2.55. The van der Waals surface area contributed by atoms with Crippen LogP contribution in [0.4, 0.5) is 5.82 Å². The van der Waals surface area contributed by atoms with Gasteiger partial charge in [-0.3, -0.25) is 4.68 Å². The van der Waals surface area contributed by atoms with Crippen molar-refractivity contribution in [3.05, 3.63) is 24.1 Å². The molecule has 0 aliphatic carbocycles. The van der Waals surface area contributed by atoms with Gasteiger partial charge in [-0.25, -0.2) is 0 Å². The quantitative estimate of drug-likeness (QED) is 0.635. The third kappa shape index (κ3) is 1.78. The van der Waals surface area contributed by atoms with Crippen molar-refractivity contribution < 1.29 is 0 Å². The summed E-state index contributed by atoms with van der Waals surface area (Å²) in [5.41, 5.74) is 0.710. The molecule has 15 heavy (non-hydrogen) atoms. The van der Waals surface area contributed by atoms with E-state index in [2.05, 4.69) is 27.0 Å². The largest absolute Gasteiger partial charge is 0.366 e. The zero-order valence-corrected chi connectivity index (χ0v) is 8.99. The number of fused-ring (bicyclic) bond motifs is 1. The van der Waals surface area contributed by atoms with E-state index in [1.165, 1.54) is 0 Å². The minimum absolute atomic E-state index is 0.206. The number of nitrogens with one attached hydrogen (secondary N) is 1. The number of hydrogen-bond acceptors (Lipinski definition) is 4. The van der Waals surface area contributed by atoms with Gasteiger partial charge in [-0.15, -0.1) is 6.58 Å². The molecule has 1 N–H and O–H groups in total. The average Bonchev–Trinajstić information content (AvgIpc) is 2.57. The summed E-state index contributed by atoms with van der Waals surface area (Å²) in [5, 5.41) is 8.24. The molecular weight excluding hydrogens is 214 g/mol. The molecule has 6 heteroatoms. The predicted molar refractivity (Wildman–Crippen MR) is 60.0 cm³/mol. The Balaban J connectivity index is 2.56. The van der Waals surface area contributed by atoms with E-state index in [1.54, 1.807) is 17.0 Å². The standard InChI is InChI=1S/C9H10ClN5/c1-3-4-11-7-6-5-12-15(2)8(6)14-9(10)13-7/h3,5H,1,4H2,2H3,(H,11,13,14). The average molecular weight is 224 g/mol. The third-order valence-corrected chi connectivity index (χ3v) is 2.15. The van der Waals surface area contributed by atoms with Crippen molar-refractivity contribution in [2.24, 2.45) is 7.05 Å². The molecule has 0 aromatic carbocycles. The van der Waals surface area contributed by atoms with Gasteiger partial charge < -0.3 is 5.32 Å². The highest BCUT2D eigenvalue weighted by Gasteiger charge is 2.09. The molecule has 0 saturated carbocycles. The Morgan fingerprint density at radius 1 is 1.60 bits per heavy atom. The summed E-state index contributed by atoms with van der Waals surface area (Å²) in [6.07, 6.45) is 3.45. The molecule has 0 saturated heterocycles. The van der Waals surface area contributed by atoms with E-state index in [-0.39, 0.29) is 5.28 Å². The Morgan fingerprint density at radius 2 is 2.40 bits per heavy atom. The van der Waals surface area contributed by atoms with Crippen LogP contribution in [-0.2, 0) is 7.05 Å². The number of hydrogen-bond donors (Lipinski definition) is 1. The zero-order valence-electron chi connectivity index (χ0n) is 8.24. The normalized spacial score (nSPS) is 10.5. The SMILES string of the molecule is C=CCNc1nc(Cl)nc2c1cnn2C. The summed E-state index contributed by atoms with van der Waals surface area (Å²) in [5.74, 6) is 0.679. The number of aromatic nitrogens is 4.